The van der Waals surface area contributed by atoms with Crippen LogP contribution in [-0.2, 0) is 4.79 Å². The summed E-state index contributed by atoms with van der Waals surface area (Å²) in [5.41, 5.74) is 1.37. The van der Waals surface area contributed by atoms with Gasteiger partial charge in [0, 0.05) is 24.4 Å². The fourth-order valence-corrected chi connectivity index (χ4v) is 2.01. The number of amides is 1. The monoisotopic (exact) mass is 249 g/mol. The Morgan fingerprint density at radius 2 is 2.33 bits per heavy atom. The molecule has 0 bridgehead atoms. The number of aryl methyl sites for hydroxylation is 1. The van der Waals surface area contributed by atoms with E-state index in [9.17, 15) is 14.9 Å². The fraction of sp³-hybridized carbons (Fsp3) is 0.417. The van der Waals surface area contributed by atoms with E-state index in [-0.39, 0.29) is 17.5 Å². The van der Waals surface area contributed by atoms with Crippen molar-refractivity contribution in [3.63, 3.8) is 0 Å². The number of hydrogen-bond acceptors (Lipinski definition) is 4. The van der Waals surface area contributed by atoms with Gasteiger partial charge in [0.05, 0.1) is 10.8 Å². The van der Waals surface area contributed by atoms with Gasteiger partial charge in [-0.3, -0.25) is 14.9 Å². The Labute approximate surface area is 105 Å². The molecule has 0 aliphatic carbocycles. The zero-order valence-electron chi connectivity index (χ0n) is 10.1. The highest BCUT2D eigenvalue weighted by Crippen LogP contribution is 2.22. The zero-order chi connectivity index (χ0) is 13.1. The minimum Gasteiger partial charge on any atom is -0.326 e. The van der Waals surface area contributed by atoms with Crippen molar-refractivity contribution in [2.24, 2.45) is 5.92 Å². The van der Waals surface area contributed by atoms with Gasteiger partial charge in [-0.25, -0.2) is 0 Å². The molecule has 0 spiro atoms. The van der Waals surface area contributed by atoms with E-state index in [1.54, 1.807) is 13.0 Å². The number of nitrogens with one attached hydrogen (secondary N) is 2. The standard InChI is InChI=1S/C12H15N3O3/c1-8-6-10(15(17)18)2-3-11(8)14-12(16)9-4-5-13-7-9/h2-3,6,9,13H,4-5,7H2,1H3,(H,14,16). The molecular weight excluding hydrogens is 234 g/mol. The Morgan fingerprint density at radius 3 is 2.89 bits per heavy atom. The first kappa shape index (κ1) is 12.5. The molecule has 18 heavy (non-hydrogen) atoms. The Kier molecular flexibility index (Phi) is 3.57. The Bertz CT molecular complexity index is 481. The van der Waals surface area contributed by atoms with Gasteiger partial charge in [-0.15, -0.1) is 0 Å². The van der Waals surface area contributed by atoms with Crippen molar-refractivity contribution >= 4 is 17.3 Å². The van der Waals surface area contributed by atoms with Gasteiger partial charge in [-0.05, 0) is 31.5 Å². The molecule has 0 radical (unpaired) electrons. The van der Waals surface area contributed by atoms with E-state index in [0.717, 1.165) is 13.0 Å². The normalized spacial score (nSPS) is 18.6. The summed E-state index contributed by atoms with van der Waals surface area (Å²) in [7, 11) is 0. The molecule has 1 saturated heterocycles. The maximum atomic E-state index is 11.9. The molecule has 1 aliphatic heterocycles. The quantitative estimate of drug-likeness (QED) is 0.627. The average molecular weight is 249 g/mol. The van der Waals surface area contributed by atoms with Gasteiger partial charge in [0.25, 0.3) is 5.69 Å². The van der Waals surface area contributed by atoms with E-state index in [1.165, 1.54) is 12.1 Å². The molecule has 1 aliphatic rings. The Morgan fingerprint density at radius 1 is 1.56 bits per heavy atom. The van der Waals surface area contributed by atoms with Crippen LogP contribution in [0.25, 0.3) is 0 Å². The summed E-state index contributed by atoms with van der Waals surface area (Å²) >= 11 is 0. The molecule has 1 atom stereocenters. The van der Waals surface area contributed by atoms with Crippen LogP contribution < -0.4 is 10.6 Å². The topological polar surface area (TPSA) is 84.3 Å². The fourth-order valence-electron chi connectivity index (χ4n) is 2.01. The van der Waals surface area contributed by atoms with Crippen LogP contribution in [-0.4, -0.2) is 23.9 Å². The summed E-state index contributed by atoms with van der Waals surface area (Å²) in [6.07, 6.45) is 0.831. The second-order valence-electron chi connectivity index (χ2n) is 4.44. The van der Waals surface area contributed by atoms with Crippen LogP contribution in [0, 0.1) is 23.0 Å². The Hall–Kier alpha value is -1.95. The molecule has 6 heteroatoms. The number of nitrogens with zero attached hydrogens (tertiary/aromatic N) is 1. The first-order valence-corrected chi connectivity index (χ1v) is 5.84. The minimum absolute atomic E-state index is 0.0143. The third kappa shape index (κ3) is 2.65. The van der Waals surface area contributed by atoms with Crippen LogP contribution in [0.2, 0.25) is 0 Å². The molecular formula is C12H15N3O3. The smallest absolute Gasteiger partial charge is 0.269 e. The number of nitro groups is 1. The molecule has 2 N–H and O–H groups in total. The number of non-ortho nitro benzene ring substituents is 1. The van der Waals surface area contributed by atoms with Crippen LogP contribution in [0.5, 0.6) is 0 Å². The van der Waals surface area contributed by atoms with Crippen molar-refractivity contribution in [1.29, 1.82) is 0 Å². The summed E-state index contributed by atoms with van der Waals surface area (Å²) < 4.78 is 0. The second-order valence-corrected chi connectivity index (χ2v) is 4.44. The van der Waals surface area contributed by atoms with Crippen molar-refractivity contribution < 1.29 is 9.72 Å². The predicted molar refractivity (Wildman–Crippen MR) is 67.4 cm³/mol. The van der Waals surface area contributed by atoms with Gasteiger partial charge in [0.15, 0.2) is 0 Å². The third-order valence-corrected chi connectivity index (χ3v) is 3.11. The minimum atomic E-state index is -0.445. The number of nitro benzene ring substituents is 1. The highest BCUT2D eigenvalue weighted by molar-refractivity contribution is 5.93. The summed E-state index contributed by atoms with van der Waals surface area (Å²) in [4.78, 5) is 22.1. The number of rotatable bonds is 3. The molecule has 2 rings (SSSR count). The van der Waals surface area contributed by atoms with Gasteiger partial charge in [0.2, 0.25) is 5.91 Å². The molecule has 6 nitrogen and oxygen atoms in total. The van der Waals surface area contributed by atoms with E-state index in [2.05, 4.69) is 10.6 Å². The van der Waals surface area contributed by atoms with E-state index >= 15 is 0 Å². The summed E-state index contributed by atoms with van der Waals surface area (Å²) in [5, 5.41) is 16.6. The first-order chi connectivity index (χ1) is 8.58. The van der Waals surface area contributed by atoms with Crippen molar-refractivity contribution in [3.8, 4) is 0 Å². The van der Waals surface area contributed by atoms with E-state index in [1.807, 2.05) is 0 Å². The largest absolute Gasteiger partial charge is 0.326 e. The summed E-state index contributed by atoms with van der Waals surface area (Å²) in [5.74, 6) is -0.0449. The lowest BCUT2D eigenvalue weighted by atomic mass is 10.1. The molecule has 0 aromatic heterocycles. The molecule has 1 aromatic carbocycles. The van der Waals surface area contributed by atoms with Crippen LogP contribution >= 0.6 is 0 Å². The molecule has 1 amide bonds. The third-order valence-electron chi connectivity index (χ3n) is 3.11. The van der Waals surface area contributed by atoms with Gasteiger partial charge in [-0.1, -0.05) is 0 Å². The molecule has 1 fully saturated rings. The molecule has 0 saturated carbocycles. The van der Waals surface area contributed by atoms with Gasteiger partial charge >= 0.3 is 0 Å². The lowest BCUT2D eigenvalue weighted by Crippen LogP contribution is -2.24. The van der Waals surface area contributed by atoms with Gasteiger partial charge in [-0.2, -0.15) is 0 Å². The molecule has 1 heterocycles. The average Bonchev–Trinajstić information content (AvgIpc) is 2.85. The molecule has 1 unspecified atom stereocenters. The SMILES string of the molecule is Cc1cc([N+](=O)[O-])ccc1NC(=O)C1CCNC1. The van der Waals surface area contributed by atoms with E-state index in [0.29, 0.717) is 17.8 Å². The van der Waals surface area contributed by atoms with Crippen LogP contribution in [0.3, 0.4) is 0 Å². The van der Waals surface area contributed by atoms with Crippen LogP contribution in [0.1, 0.15) is 12.0 Å². The van der Waals surface area contributed by atoms with Gasteiger partial charge < -0.3 is 10.6 Å². The van der Waals surface area contributed by atoms with Crippen molar-refractivity contribution in [2.75, 3.05) is 18.4 Å². The lowest BCUT2D eigenvalue weighted by Gasteiger charge is -2.11. The number of hydrogen-bond donors (Lipinski definition) is 2. The highest BCUT2D eigenvalue weighted by atomic mass is 16.6. The second kappa shape index (κ2) is 5.14. The first-order valence-electron chi connectivity index (χ1n) is 5.84. The van der Waals surface area contributed by atoms with Crippen molar-refractivity contribution in [3.05, 3.63) is 33.9 Å². The zero-order valence-corrected chi connectivity index (χ0v) is 10.1. The van der Waals surface area contributed by atoms with Crippen molar-refractivity contribution in [2.45, 2.75) is 13.3 Å². The highest BCUT2D eigenvalue weighted by Gasteiger charge is 2.22. The Balaban J connectivity index is 2.09. The summed E-state index contributed by atoms with van der Waals surface area (Å²) in [6.45, 7) is 3.30. The number of benzene rings is 1. The van der Waals surface area contributed by atoms with Crippen LogP contribution in [0.4, 0.5) is 11.4 Å². The summed E-state index contributed by atoms with van der Waals surface area (Å²) in [6, 6.07) is 4.44. The number of carbonyl (C=O) groups is 1. The van der Waals surface area contributed by atoms with Gasteiger partial charge in [0.1, 0.15) is 0 Å². The van der Waals surface area contributed by atoms with Crippen molar-refractivity contribution in [1.82, 2.24) is 5.32 Å². The van der Waals surface area contributed by atoms with Crippen LogP contribution in [0.15, 0.2) is 18.2 Å². The molecule has 96 valence electrons. The van der Waals surface area contributed by atoms with E-state index in [4.69, 9.17) is 0 Å². The maximum absolute atomic E-state index is 11.9. The number of carbonyl (C=O) groups excluding carboxylic acids is 1. The predicted octanol–water partition coefficient (Wildman–Crippen LogP) is 1.45. The molecule has 1 aromatic rings. The maximum Gasteiger partial charge on any atom is 0.269 e. The number of anilines is 1. The van der Waals surface area contributed by atoms with E-state index < -0.39 is 4.92 Å². The lowest BCUT2D eigenvalue weighted by molar-refractivity contribution is -0.384.